The van der Waals surface area contributed by atoms with Crippen LogP contribution in [0.1, 0.15) is 90.4 Å². The van der Waals surface area contributed by atoms with E-state index in [9.17, 15) is 0 Å². The molecule has 0 amide bonds. The molecule has 0 rings (SSSR count). The standard InChI is InChI=1S/C18H40N/c1-5-6-7-8-9-10-11-12-13-14-15-16-17-18-19(2,3)4/h5-18H2,1-4H3/q+1. The van der Waals surface area contributed by atoms with Gasteiger partial charge in [0.15, 0.2) is 0 Å². The summed E-state index contributed by atoms with van der Waals surface area (Å²) < 4.78 is 1.12. The normalized spacial score (nSPS) is 12.0. The topological polar surface area (TPSA) is 0 Å². The summed E-state index contributed by atoms with van der Waals surface area (Å²) in [5, 5.41) is 0. The molecular formula is C18H40N+. The van der Waals surface area contributed by atoms with E-state index in [4.69, 9.17) is 0 Å². The summed E-state index contributed by atoms with van der Waals surface area (Å²) >= 11 is 0. The van der Waals surface area contributed by atoms with Crippen molar-refractivity contribution in [3.05, 3.63) is 0 Å². The molecule has 0 aromatic carbocycles. The van der Waals surface area contributed by atoms with E-state index in [0.29, 0.717) is 0 Å². The molecule has 0 aliphatic heterocycles. The number of unbranched alkanes of at least 4 members (excludes halogenated alkanes) is 12. The van der Waals surface area contributed by atoms with Crippen LogP contribution in [-0.4, -0.2) is 32.2 Å². The van der Waals surface area contributed by atoms with Gasteiger partial charge in [-0.1, -0.05) is 77.6 Å². The third-order valence-electron chi connectivity index (χ3n) is 3.93. The Morgan fingerprint density at radius 1 is 0.474 bits per heavy atom. The van der Waals surface area contributed by atoms with Crippen LogP contribution in [0, 0.1) is 0 Å². The molecule has 0 spiro atoms. The average Bonchev–Trinajstić information content (AvgIpc) is 2.34. The van der Waals surface area contributed by atoms with Crippen LogP contribution in [0.4, 0.5) is 0 Å². The Balaban J connectivity index is 2.99. The number of quaternary nitrogens is 1. The first-order chi connectivity index (χ1) is 9.06. The first kappa shape index (κ1) is 19.0. The molecule has 0 atom stereocenters. The van der Waals surface area contributed by atoms with E-state index in [1.165, 1.54) is 90.0 Å². The largest absolute Gasteiger partial charge is 0.331 e. The van der Waals surface area contributed by atoms with Gasteiger partial charge in [0.1, 0.15) is 0 Å². The predicted molar refractivity (Wildman–Crippen MR) is 88.6 cm³/mol. The fourth-order valence-corrected chi connectivity index (χ4v) is 2.60. The summed E-state index contributed by atoms with van der Waals surface area (Å²) in [5.41, 5.74) is 0. The Hall–Kier alpha value is -0.0400. The van der Waals surface area contributed by atoms with E-state index < -0.39 is 0 Å². The second-order valence-corrected chi connectivity index (χ2v) is 7.26. The lowest BCUT2D eigenvalue weighted by Crippen LogP contribution is -2.35. The third-order valence-corrected chi connectivity index (χ3v) is 3.93. The highest BCUT2D eigenvalue weighted by Gasteiger charge is 2.04. The minimum atomic E-state index is 1.12. The van der Waals surface area contributed by atoms with Gasteiger partial charge in [0.2, 0.25) is 0 Å². The van der Waals surface area contributed by atoms with Crippen LogP contribution in [-0.2, 0) is 0 Å². The molecule has 1 nitrogen and oxygen atoms in total. The van der Waals surface area contributed by atoms with E-state index in [0.717, 1.165) is 4.48 Å². The summed E-state index contributed by atoms with van der Waals surface area (Å²) in [6, 6.07) is 0. The maximum atomic E-state index is 2.29. The van der Waals surface area contributed by atoms with Gasteiger partial charge >= 0.3 is 0 Å². The average molecular weight is 271 g/mol. The van der Waals surface area contributed by atoms with E-state index in [1.807, 2.05) is 0 Å². The molecule has 116 valence electrons. The van der Waals surface area contributed by atoms with Crippen LogP contribution >= 0.6 is 0 Å². The maximum absolute atomic E-state index is 2.29. The molecule has 0 fully saturated rings. The molecule has 0 radical (unpaired) electrons. The molecule has 0 bridgehead atoms. The summed E-state index contributed by atoms with van der Waals surface area (Å²) in [4.78, 5) is 0. The molecule has 19 heavy (non-hydrogen) atoms. The van der Waals surface area contributed by atoms with Crippen molar-refractivity contribution in [3.8, 4) is 0 Å². The molecule has 0 aliphatic carbocycles. The molecule has 0 heterocycles. The lowest BCUT2D eigenvalue weighted by Gasteiger charge is -2.23. The van der Waals surface area contributed by atoms with E-state index in [1.54, 1.807) is 0 Å². The molecular weight excluding hydrogens is 230 g/mol. The summed E-state index contributed by atoms with van der Waals surface area (Å²) in [6.45, 7) is 3.62. The second kappa shape index (κ2) is 13.0. The first-order valence-electron chi connectivity index (χ1n) is 8.86. The molecule has 0 aliphatic rings. The lowest BCUT2D eigenvalue weighted by molar-refractivity contribution is -0.870. The quantitative estimate of drug-likeness (QED) is 0.277. The van der Waals surface area contributed by atoms with Gasteiger partial charge in [-0.25, -0.2) is 0 Å². The Labute approximate surface area is 123 Å². The molecule has 0 saturated heterocycles. The van der Waals surface area contributed by atoms with E-state index in [-0.39, 0.29) is 0 Å². The summed E-state index contributed by atoms with van der Waals surface area (Å²) in [5.74, 6) is 0. The van der Waals surface area contributed by atoms with Crippen LogP contribution in [0.25, 0.3) is 0 Å². The van der Waals surface area contributed by atoms with Gasteiger partial charge in [-0.05, 0) is 12.8 Å². The van der Waals surface area contributed by atoms with Gasteiger partial charge in [-0.3, -0.25) is 0 Å². The molecule has 0 saturated carbocycles. The molecule has 0 N–H and O–H groups in total. The second-order valence-electron chi connectivity index (χ2n) is 7.26. The predicted octanol–water partition coefficient (Wildman–Crippen LogP) is 5.78. The van der Waals surface area contributed by atoms with E-state index in [2.05, 4.69) is 28.1 Å². The molecule has 0 aromatic heterocycles. The van der Waals surface area contributed by atoms with Crippen molar-refractivity contribution >= 4 is 0 Å². The van der Waals surface area contributed by atoms with Gasteiger partial charge in [-0.15, -0.1) is 0 Å². The minimum absolute atomic E-state index is 1.12. The third kappa shape index (κ3) is 18.0. The summed E-state index contributed by atoms with van der Waals surface area (Å²) in [6.07, 6.45) is 18.9. The van der Waals surface area contributed by atoms with Crippen LogP contribution in [0.5, 0.6) is 0 Å². The summed E-state index contributed by atoms with van der Waals surface area (Å²) in [7, 11) is 6.88. The van der Waals surface area contributed by atoms with Gasteiger partial charge < -0.3 is 4.48 Å². The van der Waals surface area contributed by atoms with Crippen molar-refractivity contribution in [2.75, 3.05) is 27.7 Å². The zero-order valence-corrected chi connectivity index (χ0v) is 14.3. The maximum Gasteiger partial charge on any atom is 0.0780 e. The Morgan fingerprint density at radius 2 is 0.789 bits per heavy atom. The Kier molecular flexibility index (Phi) is 12.9. The zero-order chi connectivity index (χ0) is 14.4. The highest BCUT2D eigenvalue weighted by molar-refractivity contribution is 4.48. The van der Waals surface area contributed by atoms with Crippen molar-refractivity contribution in [1.29, 1.82) is 0 Å². The van der Waals surface area contributed by atoms with Gasteiger partial charge in [0.05, 0.1) is 27.7 Å². The Bertz CT molecular complexity index is 169. The van der Waals surface area contributed by atoms with Crippen LogP contribution in [0.3, 0.4) is 0 Å². The van der Waals surface area contributed by atoms with Crippen molar-refractivity contribution < 1.29 is 4.48 Å². The van der Waals surface area contributed by atoms with Crippen LogP contribution in [0.2, 0.25) is 0 Å². The fraction of sp³-hybridized carbons (Fsp3) is 1.00. The monoisotopic (exact) mass is 270 g/mol. The zero-order valence-electron chi connectivity index (χ0n) is 14.3. The van der Waals surface area contributed by atoms with Gasteiger partial charge in [0, 0.05) is 0 Å². The highest BCUT2D eigenvalue weighted by Crippen LogP contribution is 2.12. The minimum Gasteiger partial charge on any atom is -0.331 e. The van der Waals surface area contributed by atoms with Crippen LogP contribution in [0.15, 0.2) is 0 Å². The number of hydrogen-bond acceptors (Lipinski definition) is 0. The number of nitrogens with zero attached hydrogens (tertiary/aromatic N) is 1. The van der Waals surface area contributed by atoms with E-state index >= 15 is 0 Å². The van der Waals surface area contributed by atoms with Crippen molar-refractivity contribution in [2.45, 2.75) is 90.4 Å². The van der Waals surface area contributed by atoms with Gasteiger partial charge in [-0.2, -0.15) is 0 Å². The highest BCUT2D eigenvalue weighted by atomic mass is 15.3. The van der Waals surface area contributed by atoms with Crippen molar-refractivity contribution in [3.63, 3.8) is 0 Å². The van der Waals surface area contributed by atoms with Crippen molar-refractivity contribution in [1.82, 2.24) is 0 Å². The number of hydrogen-bond donors (Lipinski definition) is 0. The lowest BCUT2D eigenvalue weighted by atomic mass is 10.0. The van der Waals surface area contributed by atoms with Gasteiger partial charge in [0.25, 0.3) is 0 Å². The molecule has 0 unspecified atom stereocenters. The van der Waals surface area contributed by atoms with Crippen molar-refractivity contribution in [2.24, 2.45) is 0 Å². The SMILES string of the molecule is CCCCCCCCCCCCCCC[N+](C)(C)C. The molecule has 1 heteroatoms. The first-order valence-corrected chi connectivity index (χ1v) is 8.86. The molecule has 0 aromatic rings. The fourth-order valence-electron chi connectivity index (χ4n) is 2.60. The number of rotatable bonds is 14. The Morgan fingerprint density at radius 3 is 1.11 bits per heavy atom. The smallest absolute Gasteiger partial charge is 0.0780 e. The van der Waals surface area contributed by atoms with Crippen LogP contribution < -0.4 is 0 Å².